The monoisotopic (exact) mass is 313 g/mol. The minimum atomic E-state index is -0.349. The Bertz CT molecular complexity index is 485. The van der Waals surface area contributed by atoms with Crippen molar-refractivity contribution in [2.45, 2.75) is 25.8 Å². The molecule has 18 heavy (non-hydrogen) atoms. The fourth-order valence-corrected chi connectivity index (χ4v) is 2.68. The van der Waals surface area contributed by atoms with Gasteiger partial charge >= 0.3 is 0 Å². The van der Waals surface area contributed by atoms with Crippen molar-refractivity contribution >= 4 is 27.5 Å². The molecule has 1 unspecified atom stereocenters. The summed E-state index contributed by atoms with van der Waals surface area (Å²) in [4.78, 5) is 1.96. The fraction of sp³-hybridized carbons (Fsp3) is 0.462. The average molecular weight is 314 g/mol. The predicted octanol–water partition coefficient (Wildman–Crippen LogP) is 3.11. The topological polar surface area (TPSA) is 53.1 Å². The molecule has 1 fully saturated rings. The standard InChI is InChI=1S/C13H17BrFN3/c1-7(8-3-4-8)18(2)10-6-5-9(13(16)17)11(14)12(10)15/h5-8H,3-4H2,1-2H3,(H3,16,17). The zero-order valence-corrected chi connectivity index (χ0v) is 12.1. The van der Waals surface area contributed by atoms with E-state index in [9.17, 15) is 4.39 Å². The van der Waals surface area contributed by atoms with Crippen molar-refractivity contribution in [3.8, 4) is 0 Å². The molecule has 0 amide bonds. The lowest BCUT2D eigenvalue weighted by molar-refractivity contribution is 0.573. The molecule has 3 nitrogen and oxygen atoms in total. The van der Waals surface area contributed by atoms with Gasteiger partial charge < -0.3 is 10.6 Å². The van der Waals surface area contributed by atoms with Gasteiger partial charge in [0.25, 0.3) is 0 Å². The lowest BCUT2D eigenvalue weighted by Crippen LogP contribution is -2.31. The van der Waals surface area contributed by atoms with Crippen molar-refractivity contribution in [1.29, 1.82) is 5.41 Å². The third-order valence-corrected chi connectivity index (χ3v) is 4.42. The highest BCUT2D eigenvalue weighted by Gasteiger charge is 2.31. The third-order valence-electron chi connectivity index (χ3n) is 3.65. The van der Waals surface area contributed by atoms with E-state index < -0.39 is 0 Å². The Kier molecular flexibility index (Phi) is 3.61. The molecular formula is C13H17BrFN3. The van der Waals surface area contributed by atoms with Crippen molar-refractivity contribution in [2.75, 3.05) is 11.9 Å². The van der Waals surface area contributed by atoms with Crippen LogP contribution in [-0.4, -0.2) is 18.9 Å². The van der Waals surface area contributed by atoms with Crippen LogP contribution in [-0.2, 0) is 0 Å². The van der Waals surface area contributed by atoms with E-state index in [2.05, 4.69) is 22.9 Å². The molecule has 1 aromatic rings. The van der Waals surface area contributed by atoms with Crippen LogP contribution in [0.4, 0.5) is 10.1 Å². The average Bonchev–Trinajstić information content (AvgIpc) is 3.14. The Morgan fingerprint density at radius 1 is 1.56 bits per heavy atom. The summed E-state index contributed by atoms with van der Waals surface area (Å²) in [6.45, 7) is 2.11. The second-order valence-corrected chi connectivity index (χ2v) is 5.66. The van der Waals surface area contributed by atoms with Gasteiger partial charge in [-0.2, -0.15) is 0 Å². The van der Waals surface area contributed by atoms with Crippen LogP contribution in [0.2, 0.25) is 0 Å². The molecule has 0 radical (unpaired) electrons. The maximum Gasteiger partial charge on any atom is 0.161 e. The Labute approximate surface area is 115 Å². The molecule has 98 valence electrons. The number of nitrogen functional groups attached to an aromatic ring is 1. The molecule has 2 rings (SSSR count). The van der Waals surface area contributed by atoms with Gasteiger partial charge in [-0.3, -0.25) is 5.41 Å². The van der Waals surface area contributed by atoms with Crippen molar-refractivity contribution < 1.29 is 4.39 Å². The first-order valence-corrected chi connectivity index (χ1v) is 6.78. The van der Waals surface area contributed by atoms with E-state index in [0.29, 0.717) is 23.2 Å². The second-order valence-electron chi connectivity index (χ2n) is 4.86. The van der Waals surface area contributed by atoms with Gasteiger partial charge in [0.05, 0.1) is 10.2 Å². The minimum Gasteiger partial charge on any atom is -0.384 e. The molecule has 0 spiro atoms. The molecule has 1 aliphatic rings. The lowest BCUT2D eigenvalue weighted by Gasteiger charge is -2.28. The number of nitrogens with zero attached hydrogens (tertiary/aromatic N) is 1. The third kappa shape index (κ3) is 2.36. The van der Waals surface area contributed by atoms with Gasteiger partial charge in [-0.15, -0.1) is 0 Å². The summed E-state index contributed by atoms with van der Waals surface area (Å²) in [5.74, 6) is 0.184. The summed E-state index contributed by atoms with van der Waals surface area (Å²) in [7, 11) is 1.90. The molecule has 1 aliphatic carbocycles. The molecule has 0 bridgehead atoms. The maximum absolute atomic E-state index is 14.3. The number of nitrogens with one attached hydrogen (secondary N) is 1. The van der Waals surface area contributed by atoms with E-state index in [-0.39, 0.29) is 16.1 Å². The lowest BCUT2D eigenvalue weighted by atomic mass is 10.1. The summed E-state index contributed by atoms with van der Waals surface area (Å²) < 4.78 is 14.5. The van der Waals surface area contributed by atoms with Crippen LogP contribution in [0.25, 0.3) is 0 Å². The molecular weight excluding hydrogens is 297 g/mol. The van der Waals surface area contributed by atoms with Crippen LogP contribution >= 0.6 is 15.9 Å². The highest BCUT2D eigenvalue weighted by Crippen LogP contribution is 2.38. The van der Waals surface area contributed by atoms with Crippen LogP contribution in [0.15, 0.2) is 16.6 Å². The maximum atomic E-state index is 14.3. The Balaban J connectivity index is 2.34. The van der Waals surface area contributed by atoms with E-state index >= 15 is 0 Å². The van der Waals surface area contributed by atoms with E-state index in [4.69, 9.17) is 11.1 Å². The number of hydrogen-bond acceptors (Lipinski definition) is 2. The summed E-state index contributed by atoms with van der Waals surface area (Å²) in [5, 5.41) is 7.38. The van der Waals surface area contributed by atoms with Gasteiger partial charge in [0.2, 0.25) is 0 Å². The van der Waals surface area contributed by atoms with Gasteiger partial charge in [0.1, 0.15) is 5.84 Å². The van der Waals surface area contributed by atoms with Crippen LogP contribution in [0.1, 0.15) is 25.3 Å². The highest BCUT2D eigenvalue weighted by molar-refractivity contribution is 9.10. The Morgan fingerprint density at radius 3 is 2.67 bits per heavy atom. The van der Waals surface area contributed by atoms with Gasteiger partial charge in [-0.25, -0.2) is 4.39 Å². The largest absolute Gasteiger partial charge is 0.384 e. The first-order chi connectivity index (χ1) is 8.43. The highest BCUT2D eigenvalue weighted by atomic mass is 79.9. The van der Waals surface area contributed by atoms with E-state index in [1.807, 2.05) is 11.9 Å². The number of rotatable bonds is 4. The normalized spacial score (nSPS) is 16.4. The Morgan fingerprint density at radius 2 is 2.17 bits per heavy atom. The number of benzene rings is 1. The number of hydrogen-bond donors (Lipinski definition) is 2. The van der Waals surface area contributed by atoms with Crippen LogP contribution in [0.3, 0.4) is 0 Å². The number of anilines is 1. The van der Waals surface area contributed by atoms with Crippen LogP contribution in [0, 0.1) is 17.1 Å². The zero-order valence-electron chi connectivity index (χ0n) is 10.5. The smallest absolute Gasteiger partial charge is 0.161 e. The number of halogens is 2. The Hall–Kier alpha value is -1.10. The minimum absolute atomic E-state index is 0.134. The molecule has 1 saturated carbocycles. The summed E-state index contributed by atoms with van der Waals surface area (Å²) in [6.07, 6.45) is 2.44. The molecule has 0 saturated heterocycles. The predicted molar refractivity (Wildman–Crippen MR) is 75.7 cm³/mol. The number of nitrogens with two attached hydrogens (primary N) is 1. The molecule has 0 aliphatic heterocycles. The van der Waals surface area contributed by atoms with Crippen molar-refractivity contribution in [3.05, 3.63) is 28.0 Å². The van der Waals surface area contributed by atoms with Crippen LogP contribution in [0.5, 0.6) is 0 Å². The SMILES string of the molecule is CC(C1CC1)N(C)c1ccc(C(=N)N)c(Br)c1F. The van der Waals surface area contributed by atoms with E-state index in [1.54, 1.807) is 12.1 Å². The van der Waals surface area contributed by atoms with Crippen molar-refractivity contribution in [3.63, 3.8) is 0 Å². The van der Waals surface area contributed by atoms with E-state index in [1.165, 1.54) is 12.8 Å². The van der Waals surface area contributed by atoms with Gasteiger partial charge in [0, 0.05) is 18.7 Å². The second kappa shape index (κ2) is 4.88. The molecule has 0 aromatic heterocycles. The molecule has 3 N–H and O–H groups in total. The van der Waals surface area contributed by atoms with Gasteiger partial charge in [-0.05, 0) is 53.7 Å². The summed E-state index contributed by atoms with van der Waals surface area (Å²) >= 11 is 3.18. The van der Waals surface area contributed by atoms with Crippen molar-refractivity contribution in [1.82, 2.24) is 0 Å². The molecule has 1 aromatic carbocycles. The van der Waals surface area contributed by atoms with Crippen molar-refractivity contribution in [2.24, 2.45) is 11.7 Å². The summed E-state index contributed by atoms with van der Waals surface area (Å²) in [5.41, 5.74) is 6.34. The van der Waals surface area contributed by atoms with Crippen LogP contribution < -0.4 is 10.6 Å². The zero-order chi connectivity index (χ0) is 13.4. The molecule has 0 heterocycles. The molecule has 1 atom stereocenters. The first kappa shape index (κ1) is 13.3. The molecule has 5 heteroatoms. The number of amidine groups is 1. The van der Waals surface area contributed by atoms with E-state index in [0.717, 1.165) is 0 Å². The quantitative estimate of drug-likeness (QED) is 0.663. The first-order valence-electron chi connectivity index (χ1n) is 5.98. The van der Waals surface area contributed by atoms with Gasteiger partial charge in [0.15, 0.2) is 5.82 Å². The summed E-state index contributed by atoms with van der Waals surface area (Å²) in [6, 6.07) is 3.70. The van der Waals surface area contributed by atoms with Gasteiger partial charge in [-0.1, -0.05) is 0 Å². The fourth-order valence-electron chi connectivity index (χ4n) is 2.13.